The molecule has 1 aromatic heterocycles. The van der Waals surface area contributed by atoms with E-state index in [2.05, 4.69) is 15.0 Å². The van der Waals surface area contributed by atoms with Gasteiger partial charge < -0.3 is 5.32 Å². The van der Waals surface area contributed by atoms with Crippen LogP contribution in [0.25, 0.3) is 0 Å². The van der Waals surface area contributed by atoms with Crippen molar-refractivity contribution in [2.45, 2.75) is 18.4 Å². The van der Waals surface area contributed by atoms with Crippen LogP contribution >= 0.6 is 0 Å². The second kappa shape index (κ2) is 7.31. The molecule has 0 amide bonds. The molecular weight excluding hydrogens is 286 g/mol. The van der Waals surface area contributed by atoms with Gasteiger partial charge in [0, 0.05) is 32.0 Å². The Labute approximate surface area is 125 Å². The predicted molar refractivity (Wildman–Crippen MR) is 82.3 cm³/mol. The van der Waals surface area contributed by atoms with Crippen molar-refractivity contribution in [1.29, 1.82) is 0 Å². The summed E-state index contributed by atoms with van der Waals surface area (Å²) >= 11 is 0. The highest BCUT2D eigenvalue weighted by atomic mass is 32.2. The average Bonchev–Trinajstić information content (AvgIpc) is 2.48. The lowest BCUT2D eigenvalue weighted by molar-refractivity contribution is 0.576. The summed E-state index contributed by atoms with van der Waals surface area (Å²) in [6, 6.07) is 10.6. The number of aromatic nitrogens is 1. The van der Waals surface area contributed by atoms with E-state index in [4.69, 9.17) is 0 Å². The van der Waals surface area contributed by atoms with E-state index in [1.807, 2.05) is 19.1 Å². The first-order valence-corrected chi connectivity index (χ1v) is 8.22. The molecule has 0 aliphatic heterocycles. The minimum absolute atomic E-state index is 0.294. The minimum atomic E-state index is -3.42. The van der Waals surface area contributed by atoms with Gasteiger partial charge in [0.25, 0.3) is 0 Å². The average molecular weight is 305 g/mol. The number of nitrogens with zero attached hydrogens (tertiary/aromatic N) is 1. The monoisotopic (exact) mass is 305 g/mol. The SMILES string of the molecule is Cc1ccc(S(=O)(=O)NCCNCc2ccncc2)cc1. The van der Waals surface area contributed by atoms with Crippen molar-refractivity contribution in [3.63, 3.8) is 0 Å². The molecule has 0 saturated carbocycles. The van der Waals surface area contributed by atoms with Gasteiger partial charge in [-0.05, 0) is 36.8 Å². The fraction of sp³-hybridized carbons (Fsp3) is 0.267. The fourth-order valence-electron chi connectivity index (χ4n) is 1.81. The van der Waals surface area contributed by atoms with Gasteiger partial charge in [0.15, 0.2) is 0 Å². The van der Waals surface area contributed by atoms with Crippen molar-refractivity contribution in [2.75, 3.05) is 13.1 Å². The molecule has 2 N–H and O–H groups in total. The van der Waals surface area contributed by atoms with Gasteiger partial charge in [-0.2, -0.15) is 0 Å². The van der Waals surface area contributed by atoms with E-state index in [1.54, 1.807) is 36.7 Å². The minimum Gasteiger partial charge on any atom is -0.311 e. The summed E-state index contributed by atoms with van der Waals surface area (Å²) in [7, 11) is -3.42. The normalized spacial score (nSPS) is 11.5. The molecule has 0 spiro atoms. The maximum absolute atomic E-state index is 12.0. The molecule has 0 saturated heterocycles. The number of nitrogens with one attached hydrogen (secondary N) is 2. The number of hydrogen-bond donors (Lipinski definition) is 2. The van der Waals surface area contributed by atoms with Gasteiger partial charge in [-0.15, -0.1) is 0 Å². The maximum atomic E-state index is 12.0. The molecule has 112 valence electrons. The molecule has 21 heavy (non-hydrogen) atoms. The van der Waals surface area contributed by atoms with Crippen molar-refractivity contribution >= 4 is 10.0 Å². The zero-order valence-corrected chi connectivity index (χ0v) is 12.7. The molecule has 0 aliphatic carbocycles. The summed E-state index contributed by atoms with van der Waals surface area (Å²) in [4.78, 5) is 4.24. The topological polar surface area (TPSA) is 71.1 Å². The molecule has 2 rings (SSSR count). The first-order chi connectivity index (χ1) is 10.1. The molecule has 0 atom stereocenters. The van der Waals surface area contributed by atoms with Crippen LogP contribution in [0, 0.1) is 6.92 Å². The van der Waals surface area contributed by atoms with Crippen LogP contribution < -0.4 is 10.0 Å². The summed E-state index contributed by atoms with van der Waals surface area (Å²) in [6.07, 6.45) is 3.47. The quantitative estimate of drug-likeness (QED) is 0.760. The zero-order valence-electron chi connectivity index (χ0n) is 11.9. The van der Waals surface area contributed by atoms with Crippen LogP contribution in [0.15, 0.2) is 53.7 Å². The standard InChI is InChI=1S/C15H19N3O2S/c1-13-2-4-15(5-3-13)21(19,20)18-11-10-17-12-14-6-8-16-9-7-14/h2-9,17-18H,10-12H2,1H3. The molecule has 0 unspecified atom stereocenters. The molecule has 0 bridgehead atoms. The van der Waals surface area contributed by atoms with Crippen molar-refractivity contribution in [3.05, 3.63) is 59.9 Å². The largest absolute Gasteiger partial charge is 0.311 e. The Kier molecular flexibility index (Phi) is 5.44. The molecule has 0 radical (unpaired) electrons. The molecular formula is C15H19N3O2S. The van der Waals surface area contributed by atoms with Gasteiger partial charge in [0.05, 0.1) is 4.90 Å². The van der Waals surface area contributed by atoms with Gasteiger partial charge in [0.2, 0.25) is 10.0 Å². The molecule has 2 aromatic rings. The summed E-state index contributed by atoms with van der Waals surface area (Å²) in [5.41, 5.74) is 2.15. The summed E-state index contributed by atoms with van der Waals surface area (Å²) in [6.45, 7) is 3.52. The number of aryl methyl sites for hydroxylation is 1. The van der Waals surface area contributed by atoms with E-state index >= 15 is 0 Å². The second-order valence-electron chi connectivity index (χ2n) is 4.74. The molecule has 5 nitrogen and oxygen atoms in total. The van der Waals surface area contributed by atoms with Crippen LogP contribution in [0.4, 0.5) is 0 Å². The second-order valence-corrected chi connectivity index (χ2v) is 6.51. The Bertz CT molecular complexity index is 655. The molecule has 6 heteroatoms. The summed E-state index contributed by atoms with van der Waals surface area (Å²) in [5, 5.41) is 3.18. The first kappa shape index (κ1) is 15.6. The Morgan fingerprint density at radius 1 is 1.00 bits per heavy atom. The van der Waals surface area contributed by atoms with Crippen LogP contribution in [0.3, 0.4) is 0 Å². The zero-order chi connectivity index (χ0) is 15.1. The maximum Gasteiger partial charge on any atom is 0.240 e. The van der Waals surface area contributed by atoms with Gasteiger partial charge in [-0.1, -0.05) is 17.7 Å². The fourth-order valence-corrected chi connectivity index (χ4v) is 2.84. The molecule has 0 fully saturated rings. The van der Waals surface area contributed by atoms with E-state index in [9.17, 15) is 8.42 Å². The number of hydrogen-bond acceptors (Lipinski definition) is 4. The number of sulfonamides is 1. The predicted octanol–water partition coefficient (Wildman–Crippen LogP) is 1.46. The smallest absolute Gasteiger partial charge is 0.240 e. The lowest BCUT2D eigenvalue weighted by atomic mass is 10.2. The third-order valence-electron chi connectivity index (χ3n) is 3.00. The Hall–Kier alpha value is -1.76. The summed E-state index contributed by atoms with van der Waals surface area (Å²) in [5.74, 6) is 0. The van der Waals surface area contributed by atoms with Gasteiger partial charge in [0.1, 0.15) is 0 Å². The highest BCUT2D eigenvalue weighted by Crippen LogP contribution is 2.09. The molecule has 1 aromatic carbocycles. The van der Waals surface area contributed by atoms with E-state index in [0.29, 0.717) is 24.5 Å². The Morgan fingerprint density at radius 2 is 1.67 bits per heavy atom. The Balaban J connectivity index is 1.76. The van der Waals surface area contributed by atoms with E-state index in [0.717, 1.165) is 11.1 Å². The lowest BCUT2D eigenvalue weighted by Gasteiger charge is -2.08. The number of benzene rings is 1. The van der Waals surface area contributed by atoms with Crippen molar-refractivity contribution in [1.82, 2.24) is 15.0 Å². The van der Waals surface area contributed by atoms with Crippen molar-refractivity contribution in [3.8, 4) is 0 Å². The molecule has 1 heterocycles. The number of pyridine rings is 1. The highest BCUT2D eigenvalue weighted by Gasteiger charge is 2.12. The highest BCUT2D eigenvalue weighted by molar-refractivity contribution is 7.89. The van der Waals surface area contributed by atoms with Crippen LogP contribution in [-0.4, -0.2) is 26.5 Å². The third kappa shape index (κ3) is 4.93. The van der Waals surface area contributed by atoms with Crippen LogP contribution in [0.5, 0.6) is 0 Å². The van der Waals surface area contributed by atoms with Gasteiger partial charge >= 0.3 is 0 Å². The van der Waals surface area contributed by atoms with Gasteiger partial charge in [-0.25, -0.2) is 13.1 Å². The lowest BCUT2D eigenvalue weighted by Crippen LogP contribution is -2.31. The first-order valence-electron chi connectivity index (χ1n) is 6.74. The van der Waals surface area contributed by atoms with Gasteiger partial charge in [-0.3, -0.25) is 4.98 Å². The molecule has 0 aliphatic rings. The van der Waals surface area contributed by atoms with E-state index in [-0.39, 0.29) is 0 Å². The number of rotatable bonds is 7. The summed E-state index contributed by atoms with van der Waals surface area (Å²) < 4.78 is 26.6. The Morgan fingerprint density at radius 3 is 2.33 bits per heavy atom. The van der Waals surface area contributed by atoms with Crippen molar-refractivity contribution in [2.24, 2.45) is 0 Å². The van der Waals surface area contributed by atoms with Crippen LogP contribution in [-0.2, 0) is 16.6 Å². The van der Waals surface area contributed by atoms with Crippen molar-refractivity contribution < 1.29 is 8.42 Å². The third-order valence-corrected chi connectivity index (χ3v) is 4.48. The van der Waals surface area contributed by atoms with Crippen LogP contribution in [0.1, 0.15) is 11.1 Å². The van der Waals surface area contributed by atoms with E-state index < -0.39 is 10.0 Å². The van der Waals surface area contributed by atoms with Crippen LogP contribution in [0.2, 0.25) is 0 Å². The van der Waals surface area contributed by atoms with E-state index in [1.165, 1.54) is 0 Å².